The van der Waals surface area contributed by atoms with Crippen molar-refractivity contribution in [3.05, 3.63) is 29.8 Å². The number of hydrogen-bond donors (Lipinski definition) is 3. The minimum Gasteiger partial charge on any atom is -0.497 e. The van der Waals surface area contributed by atoms with E-state index in [0.717, 1.165) is 43.4 Å². The predicted molar refractivity (Wildman–Crippen MR) is 133 cm³/mol. The van der Waals surface area contributed by atoms with Crippen molar-refractivity contribution in [2.24, 2.45) is 5.92 Å². The summed E-state index contributed by atoms with van der Waals surface area (Å²) in [5.41, 5.74) is 0.849. The van der Waals surface area contributed by atoms with Gasteiger partial charge in [0.2, 0.25) is 11.8 Å². The third-order valence-corrected chi connectivity index (χ3v) is 8.82. The first-order chi connectivity index (χ1) is 15.4. The van der Waals surface area contributed by atoms with Crippen LogP contribution in [0.1, 0.15) is 37.7 Å². The van der Waals surface area contributed by atoms with Crippen LogP contribution in [-0.2, 0) is 26.0 Å². The van der Waals surface area contributed by atoms with Gasteiger partial charge >= 0.3 is 0 Å². The standard InChI is InChI=1S/C22H33N3O5S2.ClH/c1-30-18-9-7-16(8-10-18)13-24-20(26)19(25-21(27)22-23-11-12-31-22)15-32(28,29)14-17-5-3-2-4-6-17;/h7-10,17,19,22-23H,2-6,11-15H2,1H3,(H,24,26)(H,25,27);1H/t19-,22+;/m0./s1. The molecule has 2 atom stereocenters. The SMILES string of the molecule is COc1ccc(CNC(=O)[C@H](CS(=O)(=O)CC2CCCCC2)NC(=O)[C@@H]2NCCS2)cc1.Cl. The van der Waals surface area contributed by atoms with Crippen LogP contribution in [0.5, 0.6) is 5.75 Å². The number of sulfone groups is 1. The number of halogens is 1. The molecule has 33 heavy (non-hydrogen) atoms. The summed E-state index contributed by atoms with van der Waals surface area (Å²) in [6.45, 7) is 0.936. The fourth-order valence-electron chi connectivity index (χ4n) is 4.12. The van der Waals surface area contributed by atoms with Gasteiger partial charge in [0.15, 0.2) is 9.84 Å². The number of amides is 2. The zero-order valence-electron chi connectivity index (χ0n) is 18.9. The summed E-state index contributed by atoms with van der Waals surface area (Å²) in [5, 5.41) is 8.04. The van der Waals surface area contributed by atoms with E-state index in [2.05, 4.69) is 16.0 Å². The molecular formula is C22H34ClN3O5S2. The normalized spacial score (nSPS) is 19.8. The number of nitrogens with one attached hydrogen (secondary N) is 3. The van der Waals surface area contributed by atoms with Crippen LogP contribution < -0.4 is 20.7 Å². The van der Waals surface area contributed by atoms with Crippen molar-refractivity contribution in [2.45, 2.75) is 50.1 Å². The Morgan fingerprint density at radius 3 is 2.48 bits per heavy atom. The molecule has 8 nitrogen and oxygen atoms in total. The predicted octanol–water partition coefficient (Wildman–Crippen LogP) is 1.88. The molecule has 1 saturated heterocycles. The average molecular weight is 520 g/mol. The van der Waals surface area contributed by atoms with E-state index in [1.165, 1.54) is 11.8 Å². The highest BCUT2D eigenvalue weighted by Gasteiger charge is 2.32. The van der Waals surface area contributed by atoms with E-state index < -0.39 is 27.2 Å². The lowest BCUT2D eigenvalue weighted by Gasteiger charge is -2.24. The Bertz CT molecular complexity index is 871. The molecule has 2 amide bonds. The van der Waals surface area contributed by atoms with Crippen LogP contribution >= 0.6 is 24.2 Å². The van der Waals surface area contributed by atoms with Crippen LogP contribution in [0.15, 0.2) is 24.3 Å². The maximum atomic E-state index is 12.9. The molecule has 0 bridgehead atoms. The van der Waals surface area contributed by atoms with E-state index in [9.17, 15) is 18.0 Å². The molecule has 186 valence electrons. The van der Waals surface area contributed by atoms with E-state index >= 15 is 0 Å². The van der Waals surface area contributed by atoms with Gasteiger partial charge in [-0.3, -0.25) is 14.9 Å². The van der Waals surface area contributed by atoms with Gasteiger partial charge in [0, 0.05) is 18.8 Å². The van der Waals surface area contributed by atoms with Gasteiger partial charge in [0.25, 0.3) is 0 Å². The summed E-state index contributed by atoms with van der Waals surface area (Å²) in [5.74, 6) is 0.476. The third kappa shape index (κ3) is 8.99. The van der Waals surface area contributed by atoms with Crippen molar-refractivity contribution in [3.63, 3.8) is 0 Å². The first kappa shape index (κ1) is 27.8. The van der Waals surface area contributed by atoms with Crippen LogP contribution in [0.2, 0.25) is 0 Å². The molecule has 0 radical (unpaired) electrons. The lowest BCUT2D eigenvalue weighted by atomic mass is 9.91. The second-order valence-electron chi connectivity index (χ2n) is 8.41. The number of rotatable bonds is 10. The van der Waals surface area contributed by atoms with Gasteiger partial charge in [-0.1, -0.05) is 31.4 Å². The molecule has 0 spiro atoms. The number of carbonyl (C=O) groups excluding carboxylic acids is 2. The van der Waals surface area contributed by atoms with Crippen molar-refractivity contribution in [1.29, 1.82) is 0 Å². The van der Waals surface area contributed by atoms with E-state index in [1.54, 1.807) is 19.2 Å². The quantitative estimate of drug-likeness (QED) is 0.432. The number of ether oxygens (including phenoxy) is 1. The topological polar surface area (TPSA) is 114 Å². The highest BCUT2D eigenvalue weighted by atomic mass is 35.5. The molecular weight excluding hydrogens is 486 g/mol. The molecule has 0 aromatic heterocycles. The second kappa shape index (κ2) is 13.4. The van der Waals surface area contributed by atoms with Crippen molar-refractivity contribution in [3.8, 4) is 5.75 Å². The summed E-state index contributed by atoms with van der Waals surface area (Å²) in [6.07, 6.45) is 5.06. The molecule has 2 aliphatic rings. The molecule has 1 aliphatic heterocycles. The summed E-state index contributed by atoms with van der Waals surface area (Å²) in [4.78, 5) is 25.5. The molecule has 3 rings (SSSR count). The van der Waals surface area contributed by atoms with Crippen molar-refractivity contribution in [1.82, 2.24) is 16.0 Å². The number of carbonyl (C=O) groups is 2. The Kier molecular flexibility index (Phi) is 11.3. The largest absolute Gasteiger partial charge is 0.497 e. The molecule has 1 saturated carbocycles. The number of benzene rings is 1. The smallest absolute Gasteiger partial charge is 0.248 e. The maximum Gasteiger partial charge on any atom is 0.248 e. The summed E-state index contributed by atoms with van der Waals surface area (Å²) >= 11 is 1.45. The molecule has 1 aromatic carbocycles. The van der Waals surface area contributed by atoms with E-state index in [0.29, 0.717) is 12.3 Å². The highest BCUT2D eigenvalue weighted by molar-refractivity contribution is 8.00. The molecule has 1 aliphatic carbocycles. The molecule has 2 fully saturated rings. The van der Waals surface area contributed by atoms with Crippen molar-refractivity contribution in [2.75, 3.05) is 30.9 Å². The Morgan fingerprint density at radius 2 is 1.88 bits per heavy atom. The molecule has 3 N–H and O–H groups in total. The van der Waals surface area contributed by atoms with Gasteiger partial charge < -0.3 is 15.4 Å². The second-order valence-corrected chi connectivity index (χ2v) is 11.8. The molecule has 1 heterocycles. The lowest BCUT2D eigenvalue weighted by molar-refractivity contribution is -0.128. The Balaban J connectivity index is 0.00000385. The van der Waals surface area contributed by atoms with Crippen LogP contribution in [0, 0.1) is 5.92 Å². The van der Waals surface area contributed by atoms with Gasteiger partial charge in [-0.15, -0.1) is 24.2 Å². The van der Waals surface area contributed by atoms with Gasteiger partial charge in [-0.05, 0) is 36.5 Å². The summed E-state index contributed by atoms with van der Waals surface area (Å²) < 4.78 is 30.9. The Hall–Kier alpha value is -1.49. The maximum absolute atomic E-state index is 12.9. The Labute approximate surface area is 206 Å². The average Bonchev–Trinajstić information content (AvgIpc) is 3.33. The molecule has 0 unspecified atom stereocenters. The highest BCUT2D eigenvalue weighted by Crippen LogP contribution is 2.25. The van der Waals surface area contributed by atoms with Crippen molar-refractivity contribution >= 4 is 45.8 Å². The number of hydrogen-bond acceptors (Lipinski definition) is 7. The fourth-order valence-corrected chi connectivity index (χ4v) is 6.97. The number of methoxy groups -OCH3 is 1. The minimum absolute atomic E-state index is 0. The first-order valence-electron chi connectivity index (χ1n) is 11.1. The monoisotopic (exact) mass is 519 g/mol. The Morgan fingerprint density at radius 1 is 1.18 bits per heavy atom. The minimum atomic E-state index is -3.51. The van der Waals surface area contributed by atoms with Gasteiger partial charge in [-0.25, -0.2) is 8.42 Å². The zero-order chi connectivity index (χ0) is 23.0. The zero-order valence-corrected chi connectivity index (χ0v) is 21.3. The van der Waals surface area contributed by atoms with E-state index in [1.807, 2.05) is 12.1 Å². The van der Waals surface area contributed by atoms with E-state index in [4.69, 9.17) is 4.74 Å². The van der Waals surface area contributed by atoms with Gasteiger partial charge in [0.05, 0.1) is 18.6 Å². The fraction of sp³-hybridized carbons (Fsp3) is 0.636. The van der Waals surface area contributed by atoms with Crippen LogP contribution in [0.4, 0.5) is 0 Å². The van der Waals surface area contributed by atoms with Gasteiger partial charge in [0.1, 0.15) is 17.2 Å². The van der Waals surface area contributed by atoms with Crippen LogP contribution in [0.25, 0.3) is 0 Å². The van der Waals surface area contributed by atoms with Crippen LogP contribution in [0.3, 0.4) is 0 Å². The van der Waals surface area contributed by atoms with Crippen LogP contribution in [-0.4, -0.2) is 62.6 Å². The van der Waals surface area contributed by atoms with E-state index in [-0.39, 0.29) is 42.3 Å². The lowest BCUT2D eigenvalue weighted by Crippen LogP contribution is -2.53. The van der Waals surface area contributed by atoms with Gasteiger partial charge in [-0.2, -0.15) is 0 Å². The molecule has 11 heteroatoms. The molecule has 1 aromatic rings. The summed E-state index contributed by atoms with van der Waals surface area (Å²) in [6, 6.07) is 6.10. The van der Waals surface area contributed by atoms with Crippen molar-refractivity contribution < 1.29 is 22.7 Å². The number of thioether (sulfide) groups is 1. The first-order valence-corrected chi connectivity index (χ1v) is 14.0. The third-order valence-electron chi connectivity index (χ3n) is 5.85. The summed E-state index contributed by atoms with van der Waals surface area (Å²) in [7, 11) is -1.93.